The first kappa shape index (κ1) is 23.0. The zero-order valence-electron chi connectivity index (χ0n) is 18.5. The van der Waals surface area contributed by atoms with E-state index in [4.69, 9.17) is 9.15 Å². The second-order valence-corrected chi connectivity index (χ2v) is 9.05. The molecule has 2 aromatic heterocycles. The van der Waals surface area contributed by atoms with E-state index in [0.29, 0.717) is 27.7 Å². The summed E-state index contributed by atoms with van der Waals surface area (Å²) in [6, 6.07) is 7.16. The molecular formula is C24H27N3O5S. The highest BCUT2D eigenvalue weighted by Crippen LogP contribution is 2.27. The average Bonchev–Trinajstić information content (AvgIpc) is 3.11. The first-order valence-corrected chi connectivity index (χ1v) is 12.1. The number of nitrogens with one attached hydrogen (secondary N) is 2. The van der Waals surface area contributed by atoms with Gasteiger partial charge in [0.25, 0.3) is 0 Å². The van der Waals surface area contributed by atoms with Crippen LogP contribution >= 0.6 is 11.3 Å². The van der Waals surface area contributed by atoms with E-state index >= 15 is 0 Å². The number of aromatic nitrogens is 1. The van der Waals surface area contributed by atoms with Crippen LogP contribution in [0.5, 0.6) is 5.75 Å². The van der Waals surface area contributed by atoms with Crippen molar-refractivity contribution < 1.29 is 18.7 Å². The molecule has 1 aromatic carbocycles. The minimum atomic E-state index is -0.519. The second-order valence-electron chi connectivity index (χ2n) is 8.19. The van der Waals surface area contributed by atoms with E-state index in [-0.39, 0.29) is 30.7 Å². The lowest BCUT2D eigenvalue weighted by molar-refractivity contribution is -0.124. The number of rotatable bonds is 7. The van der Waals surface area contributed by atoms with Gasteiger partial charge in [-0.3, -0.25) is 9.59 Å². The summed E-state index contributed by atoms with van der Waals surface area (Å²) in [5.41, 5.74) is 0.642. The lowest BCUT2D eigenvalue weighted by Crippen LogP contribution is -2.34. The Morgan fingerprint density at radius 1 is 1.12 bits per heavy atom. The van der Waals surface area contributed by atoms with Gasteiger partial charge in [-0.15, -0.1) is 11.3 Å². The average molecular weight is 470 g/mol. The molecule has 9 heteroatoms. The lowest BCUT2D eigenvalue weighted by Gasteiger charge is -2.15. The molecule has 1 aliphatic rings. The van der Waals surface area contributed by atoms with E-state index < -0.39 is 5.63 Å². The van der Waals surface area contributed by atoms with Gasteiger partial charge in [-0.25, -0.2) is 9.78 Å². The smallest absolute Gasteiger partial charge is 0.345 e. The first-order chi connectivity index (χ1) is 16.0. The normalized spacial score (nSPS) is 14.6. The summed E-state index contributed by atoms with van der Waals surface area (Å²) in [4.78, 5) is 41.3. The molecule has 4 rings (SSSR count). The molecule has 0 bridgehead atoms. The molecule has 174 valence electrons. The molecule has 0 atom stereocenters. The van der Waals surface area contributed by atoms with Gasteiger partial charge in [-0.1, -0.05) is 25.7 Å². The van der Waals surface area contributed by atoms with Crippen LogP contribution in [-0.2, 0) is 9.59 Å². The standard InChI is InChI=1S/C24H27N3O5S/c1-31-17-9-8-15-12-18(23(30)32-20(15)13-17)19-14-33-24(26-19)27-22(29)11-10-21(28)25-16-6-4-2-3-5-7-16/h8-9,12-14,16H,2-7,10-11H2,1H3,(H,25,28)(H,26,27,29). The van der Waals surface area contributed by atoms with Crippen molar-refractivity contribution in [3.05, 3.63) is 40.1 Å². The third-order valence-corrected chi connectivity index (χ3v) is 6.53. The fraction of sp³-hybridized carbons (Fsp3) is 0.417. The number of anilines is 1. The third-order valence-electron chi connectivity index (χ3n) is 5.77. The molecule has 33 heavy (non-hydrogen) atoms. The fourth-order valence-electron chi connectivity index (χ4n) is 3.98. The van der Waals surface area contributed by atoms with Crippen molar-refractivity contribution in [1.82, 2.24) is 10.3 Å². The molecule has 1 aliphatic carbocycles. The molecule has 0 aliphatic heterocycles. The molecule has 1 saturated carbocycles. The van der Waals surface area contributed by atoms with Crippen molar-refractivity contribution in [3.63, 3.8) is 0 Å². The summed E-state index contributed by atoms with van der Waals surface area (Å²) in [6.45, 7) is 0. The zero-order valence-corrected chi connectivity index (χ0v) is 19.3. The number of methoxy groups -OCH3 is 1. The van der Waals surface area contributed by atoms with Crippen molar-refractivity contribution in [2.45, 2.75) is 57.4 Å². The maximum absolute atomic E-state index is 12.5. The van der Waals surface area contributed by atoms with Gasteiger partial charge in [0.1, 0.15) is 11.3 Å². The molecule has 0 radical (unpaired) electrons. The number of thiazole rings is 1. The van der Waals surface area contributed by atoms with E-state index in [1.807, 2.05) is 0 Å². The van der Waals surface area contributed by atoms with Gasteiger partial charge in [-0.05, 0) is 31.0 Å². The maximum atomic E-state index is 12.5. The van der Waals surface area contributed by atoms with Crippen molar-refractivity contribution >= 4 is 39.3 Å². The monoisotopic (exact) mass is 469 g/mol. The van der Waals surface area contributed by atoms with Gasteiger partial charge in [0.05, 0.1) is 18.4 Å². The Labute approximate surface area is 195 Å². The molecule has 0 unspecified atom stereocenters. The predicted octanol–water partition coefficient (Wildman–Crippen LogP) is 4.48. The van der Waals surface area contributed by atoms with Crippen molar-refractivity contribution in [3.8, 4) is 17.0 Å². The SMILES string of the molecule is COc1ccc2cc(-c3csc(NC(=O)CCC(=O)NC4CCCCCC4)n3)c(=O)oc2c1. The summed E-state index contributed by atoms with van der Waals surface area (Å²) < 4.78 is 10.6. The molecular weight excluding hydrogens is 442 g/mol. The minimum Gasteiger partial charge on any atom is -0.497 e. The molecule has 1 fully saturated rings. The summed E-state index contributed by atoms with van der Waals surface area (Å²) in [5.74, 6) is 0.215. The highest BCUT2D eigenvalue weighted by Gasteiger charge is 2.17. The van der Waals surface area contributed by atoms with Crippen molar-refractivity contribution in [2.24, 2.45) is 0 Å². The number of ether oxygens (including phenoxy) is 1. The number of carbonyl (C=O) groups excluding carboxylic acids is 2. The van der Waals surface area contributed by atoms with Crippen LogP contribution < -0.4 is 21.0 Å². The number of nitrogens with zero attached hydrogens (tertiary/aromatic N) is 1. The Balaban J connectivity index is 1.34. The quantitative estimate of drug-likeness (QED) is 0.390. The summed E-state index contributed by atoms with van der Waals surface area (Å²) in [6.07, 6.45) is 6.96. The zero-order chi connectivity index (χ0) is 23.2. The van der Waals surface area contributed by atoms with Crippen LogP contribution in [0, 0.1) is 0 Å². The van der Waals surface area contributed by atoms with Gasteiger partial charge in [0.15, 0.2) is 5.13 Å². The lowest BCUT2D eigenvalue weighted by atomic mass is 10.1. The van der Waals surface area contributed by atoms with Gasteiger partial charge in [0.2, 0.25) is 11.8 Å². The molecule has 2 N–H and O–H groups in total. The molecule has 3 aromatic rings. The van der Waals surface area contributed by atoms with Crippen LogP contribution in [0.3, 0.4) is 0 Å². The van der Waals surface area contributed by atoms with Crippen LogP contribution in [0.15, 0.2) is 38.9 Å². The number of amides is 2. The highest BCUT2D eigenvalue weighted by molar-refractivity contribution is 7.14. The Kier molecular flexibility index (Phi) is 7.39. The van der Waals surface area contributed by atoms with E-state index in [1.54, 1.807) is 36.8 Å². The molecule has 0 spiro atoms. The summed E-state index contributed by atoms with van der Waals surface area (Å²) in [5, 5.41) is 8.56. The largest absolute Gasteiger partial charge is 0.497 e. The van der Waals surface area contributed by atoms with Crippen LogP contribution in [0.4, 0.5) is 5.13 Å². The third kappa shape index (κ3) is 5.98. The van der Waals surface area contributed by atoms with E-state index in [1.165, 1.54) is 24.2 Å². The number of hydrogen-bond donors (Lipinski definition) is 2. The van der Waals surface area contributed by atoms with Crippen LogP contribution in [0.1, 0.15) is 51.4 Å². The predicted molar refractivity (Wildman–Crippen MR) is 128 cm³/mol. The van der Waals surface area contributed by atoms with Crippen LogP contribution in [-0.4, -0.2) is 29.9 Å². The molecule has 8 nitrogen and oxygen atoms in total. The maximum Gasteiger partial charge on any atom is 0.345 e. The topological polar surface area (TPSA) is 111 Å². The van der Waals surface area contributed by atoms with Gasteiger partial charge < -0.3 is 19.8 Å². The molecule has 0 saturated heterocycles. The Bertz CT molecular complexity index is 1190. The molecule has 2 amide bonds. The minimum absolute atomic E-state index is 0.0768. The van der Waals surface area contributed by atoms with E-state index in [2.05, 4.69) is 15.6 Å². The highest BCUT2D eigenvalue weighted by atomic mass is 32.1. The van der Waals surface area contributed by atoms with Gasteiger partial charge in [-0.2, -0.15) is 0 Å². The number of benzene rings is 1. The first-order valence-electron chi connectivity index (χ1n) is 11.2. The van der Waals surface area contributed by atoms with Crippen LogP contribution in [0.2, 0.25) is 0 Å². The van der Waals surface area contributed by atoms with Gasteiger partial charge in [0, 0.05) is 35.7 Å². The molecule has 2 heterocycles. The van der Waals surface area contributed by atoms with Crippen molar-refractivity contribution in [1.29, 1.82) is 0 Å². The number of hydrogen-bond acceptors (Lipinski definition) is 7. The Morgan fingerprint density at radius 3 is 2.64 bits per heavy atom. The van der Waals surface area contributed by atoms with E-state index in [0.717, 1.165) is 31.1 Å². The fourth-order valence-corrected chi connectivity index (χ4v) is 4.71. The number of carbonyl (C=O) groups is 2. The summed E-state index contributed by atoms with van der Waals surface area (Å²) >= 11 is 1.21. The Morgan fingerprint density at radius 2 is 1.88 bits per heavy atom. The van der Waals surface area contributed by atoms with Crippen LogP contribution in [0.25, 0.3) is 22.2 Å². The Hall–Kier alpha value is -3.20. The van der Waals surface area contributed by atoms with Crippen molar-refractivity contribution in [2.75, 3.05) is 12.4 Å². The summed E-state index contributed by atoms with van der Waals surface area (Å²) in [7, 11) is 1.54. The van der Waals surface area contributed by atoms with E-state index in [9.17, 15) is 14.4 Å². The number of fused-ring (bicyclic) bond motifs is 1. The second kappa shape index (κ2) is 10.6. The van der Waals surface area contributed by atoms with Gasteiger partial charge >= 0.3 is 5.63 Å².